The minimum Gasteiger partial charge on any atom is -0.490 e. The molecule has 0 bridgehead atoms. The van der Waals surface area contributed by atoms with E-state index in [-0.39, 0.29) is 11.0 Å². The lowest BCUT2D eigenvalue weighted by atomic mass is 10.2. The molecule has 0 unspecified atom stereocenters. The Bertz CT molecular complexity index is 858. The van der Waals surface area contributed by atoms with Gasteiger partial charge in [0, 0.05) is 18.4 Å². The average Bonchev–Trinajstić information content (AvgIpc) is 2.69. The molecule has 0 aliphatic rings. The number of hydrogen-bond acceptors (Lipinski definition) is 6. The van der Waals surface area contributed by atoms with Crippen LogP contribution in [0.25, 0.3) is 0 Å². The van der Waals surface area contributed by atoms with Gasteiger partial charge in [0.15, 0.2) is 5.11 Å². The molecule has 7 nitrogen and oxygen atoms in total. The van der Waals surface area contributed by atoms with Crippen molar-refractivity contribution in [1.82, 2.24) is 5.32 Å². The molecule has 2 aromatic carbocycles. The van der Waals surface area contributed by atoms with E-state index in [1.54, 1.807) is 49.6 Å². The van der Waals surface area contributed by atoms with Crippen molar-refractivity contribution in [3.8, 4) is 5.75 Å². The molecule has 28 heavy (non-hydrogen) atoms. The van der Waals surface area contributed by atoms with Crippen LogP contribution in [0.2, 0.25) is 0 Å². The molecule has 0 saturated heterocycles. The normalized spacial score (nSPS) is 10.1. The van der Waals surface area contributed by atoms with Crippen molar-refractivity contribution in [2.24, 2.45) is 0 Å². The van der Waals surface area contributed by atoms with E-state index in [1.165, 1.54) is 7.11 Å². The van der Waals surface area contributed by atoms with Crippen molar-refractivity contribution < 1.29 is 23.8 Å². The summed E-state index contributed by atoms with van der Waals surface area (Å²) in [4.78, 5) is 23.8. The zero-order valence-corrected chi connectivity index (χ0v) is 17.7. The lowest BCUT2D eigenvalue weighted by molar-refractivity contribution is 0.0600. The Morgan fingerprint density at radius 3 is 2.32 bits per heavy atom. The number of esters is 1. The summed E-state index contributed by atoms with van der Waals surface area (Å²) < 4.78 is 15.8. The number of anilines is 1. The number of benzene rings is 2. The molecule has 0 spiro atoms. The van der Waals surface area contributed by atoms with Gasteiger partial charge in [-0.25, -0.2) is 4.79 Å². The standard InChI is InChI=1S/C19H19BrN2O5S/c1-25-9-10-27-16-8-5-13(11-15(16)20)17(23)22-19(28)21-14-6-3-12(4-7-14)18(24)26-2/h3-8,11H,9-10H2,1-2H3,(H2,21,22,23,28). The first-order chi connectivity index (χ1) is 13.4. The van der Waals surface area contributed by atoms with E-state index >= 15 is 0 Å². The molecular formula is C19H19BrN2O5S. The van der Waals surface area contributed by atoms with Crippen LogP contribution in [0.3, 0.4) is 0 Å². The molecule has 0 aliphatic heterocycles. The summed E-state index contributed by atoms with van der Waals surface area (Å²) in [6, 6.07) is 11.5. The Balaban J connectivity index is 1.93. The molecule has 148 valence electrons. The van der Waals surface area contributed by atoms with Crippen LogP contribution >= 0.6 is 28.1 Å². The maximum Gasteiger partial charge on any atom is 0.337 e. The van der Waals surface area contributed by atoms with Crippen LogP contribution in [0.4, 0.5) is 5.69 Å². The Hall–Kier alpha value is -2.49. The van der Waals surface area contributed by atoms with Crippen molar-refractivity contribution in [3.05, 3.63) is 58.1 Å². The molecule has 0 atom stereocenters. The predicted octanol–water partition coefficient (Wildman–Crippen LogP) is 3.39. The SMILES string of the molecule is COCCOc1ccc(C(=O)NC(=S)Nc2ccc(C(=O)OC)cc2)cc1Br. The molecule has 1 amide bonds. The predicted molar refractivity (Wildman–Crippen MR) is 113 cm³/mol. The van der Waals surface area contributed by atoms with E-state index in [2.05, 4.69) is 31.3 Å². The van der Waals surface area contributed by atoms with Gasteiger partial charge in [0.1, 0.15) is 12.4 Å². The molecular weight excluding hydrogens is 448 g/mol. The summed E-state index contributed by atoms with van der Waals surface area (Å²) in [7, 11) is 2.91. The first-order valence-corrected chi connectivity index (χ1v) is 9.36. The lowest BCUT2D eigenvalue weighted by Gasteiger charge is -2.12. The van der Waals surface area contributed by atoms with Gasteiger partial charge in [-0.1, -0.05) is 0 Å². The minimum absolute atomic E-state index is 0.132. The van der Waals surface area contributed by atoms with Crippen LogP contribution < -0.4 is 15.4 Å². The van der Waals surface area contributed by atoms with Gasteiger partial charge in [0.25, 0.3) is 5.91 Å². The smallest absolute Gasteiger partial charge is 0.337 e. The second-order valence-electron chi connectivity index (χ2n) is 5.46. The number of hydrogen-bond donors (Lipinski definition) is 2. The zero-order valence-electron chi connectivity index (χ0n) is 15.3. The summed E-state index contributed by atoms with van der Waals surface area (Å²) in [5.41, 5.74) is 1.46. The molecule has 0 saturated carbocycles. The molecule has 0 radical (unpaired) electrons. The van der Waals surface area contributed by atoms with E-state index in [0.29, 0.717) is 40.3 Å². The van der Waals surface area contributed by atoms with Crippen LogP contribution in [0.1, 0.15) is 20.7 Å². The third-order valence-electron chi connectivity index (χ3n) is 3.53. The summed E-state index contributed by atoms with van der Waals surface area (Å²) in [5, 5.41) is 5.62. The highest BCUT2D eigenvalue weighted by Gasteiger charge is 2.11. The summed E-state index contributed by atoms with van der Waals surface area (Å²) in [5.74, 6) is -0.185. The van der Waals surface area contributed by atoms with Crippen molar-refractivity contribution in [2.75, 3.05) is 32.8 Å². The highest BCUT2D eigenvalue weighted by atomic mass is 79.9. The van der Waals surface area contributed by atoms with E-state index in [1.807, 2.05) is 0 Å². The highest BCUT2D eigenvalue weighted by Crippen LogP contribution is 2.26. The van der Waals surface area contributed by atoms with Crippen LogP contribution in [0.5, 0.6) is 5.75 Å². The first kappa shape index (κ1) is 21.8. The number of carbonyl (C=O) groups excluding carboxylic acids is 2. The fraction of sp³-hybridized carbons (Fsp3) is 0.211. The molecule has 0 aliphatic carbocycles. The number of thiocarbonyl (C=S) groups is 1. The number of rotatable bonds is 7. The monoisotopic (exact) mass is 466 g/mol. The van der Waals surface area contributed by atoms with Gasteiger partial charge in [0.2, 0.25) is 0 Å². The van der Waals surface area contributed by atoms with Gasteiger partial charge in [-0.05, 0) is 70.6 Å². The maximum atomic E-state index is 12.4. The van der Waals surface area contributed by atoms with Crippen molar-refractivity contribution >= 4 is 50.8 Å². The van der Waals surface area contributed by atoms with Gasteiger partial charge in [-0.15, -0.1) is 0 Å². The molecule has 2 aromatic rings. The second-order valence-corrected chi connectivity index (χ2v) is 6.73. The Kier molecular flexibility index (Phi) is 8.37. The maximum absolute atomic E-state index is 12.4. The van der Waals surface area contributed by atoms with E-state index in [0.717, 1.165) is 0 Å². The van der Waals surface area contributed by atoms with E-state index < -0.39 is 5.97 Å². The number of ether oxygens (including phenoxy) is 3. The molecule has 2 N–H and O–H groups in total. The Morgan fingerprint density at radius 2 is 1.71 bits per heavy atom. The van der Waals surface area contributed by atoms with E-state index in [4.69, 9.17) is 21.7 Å². The molecule has 9 heteroatoms. The van der Waals surface area contributed by atoms with Gasteiger partial charge in [-0.3, -0.25) is 10.1 Å². The average molecular weight is 467 g/mol. The Morgan fingerprint density at radius 1 is 1.04 bits per heavy atom. The van der Waals surface area contributed by atoms with Crippen molar-refractivity contribution in [2.45, 2.75) is 0 Å². The van der Waals surface area contributed by atoms with Crippen LogP contribution in [0.15, 0.2) is 46.9 Å². The number of amides is 1. The van der Waals surface area contributed by atoms with E-state index in [9.17, 15) is 9.59 Å². The molecule has 0 aromatic heterocycles. The largest absolute Gasteiger partial charge is 0.490 e. The fourth-order valence-corrected chi connectivity index (χ4v) is 2.84. The molecule has 0 heterocycles. The minimum atomic E-state index is -0.428. The van der Waals surface area contributed by atoms with Gasteiger partial charge in [0.05, 0.1) is 23.8 Å². The van der Waals surface area contributed by atoms with Crippen molar-refractivity contribution in [1.29, 1.82) is 0 Å². The lowest BCUT2D eigenvalue weighted by Crippen LogP contribution is -2.34. The van der Waals surface area contributed by atoms with Gasteiger partial charge >= 0.3 is 5.97 Å². The van der Waals surface area contributed by atoms with Gasteiger partial charge < -0.3 is 19.5 Å². The summed E-state index contributed by atoms with van der Waals surface area (Å²) in [6.07, 6.45) is 0. The van der Waals surface area contributed by atoms with Crippen LogP contribution in [-0.2, 0) is 9.47 Å². The fourth-order valence-electron chi connectivity index (χ4n) is 2.14. The molecule has 0 fully saturated rings. The number of nitrogens with one attached hydrogen (secondary N) is 2. The number of carbonyl (C=O) groups is 2. The zero-order chi connectivity index (χ0) is 20.5. The quantitative estimate of drug-likeness (QED) is 0.367. The first-order valence-electron chi connectivity index (χ1n) is 8.16. The molecule has 2 rings (SSSR count). The van der Waals surface area contributed by atoms with Crippen molar-refractivity contribution in [3.63, 3.8) is 0 Å². The second kappa shape index (κ2) is 10.7. The Labute approximate surface area is 176 Å². The third kappa shape index (κ3) is 6.29. The van der Waals surface area contributed by atoms with Crippen LogP contribution in [0, 0.1) is 0 Å². The summed E-state index contributed by atoms with van der Waals surface area (Å²) >= 11 is 8.54. The number of halogens is 1. The summed E-state index contributed by atoms with van der Waals surface area (Å²) in [6.45, 7) is 0.874. The third-order valence-corrected chi connectivity index (χ3v) is 4.35. The van der Waals surface area contributed by atoms with Crippen LogP contribution in [-0.4, -0.2) is 44.4 Å². The topological polar surface area (TPSA) is 85.9 Å². The number of methoxy groups -OCH3 is 2. The highest BCUT2D eigenvalue weighted by molar-refractivity contribution is 9.10. The van der Waals surface area contributed by atoms with Gasteiger partial charge in [-0.2, -0.15) is 0 Å².